The summed E-state index contributed by atoms with van der Waals surface area (Å²) in [5.74, 6) is 0.468. The molecule has 0 atom stereocenters. The maximum Gasteiger partial charge on any atom is 0.224 e. The average Bonchev–Trinajstić information content (AvgIpc) is 3.12. The van der Waals surface area contributed by atoms with E-state index in [1.165, 1.54) is 22.6 Å². The molecule has 1 fully saturated rings. The van der Waals surface area contributed by atoms with Crippen LogP contribution in [0.5, 0.6) is 0 Å². The van der Waals surface area contributed by atoms with E-state index in [0.29, 0.717) is 13.1 Å². The average molecular weight is 470 g/mol. The molecule has 0 unspecified atom stereocenters. The molecule has 2 amide bonds. The van der Waals surface area contributed by atoms with Gasteiger partial charge in [0.25, 0.3) is 0 Å². The quantitative estimate of drug-likeness (QED) is 0.519. The number of aryl methyl sites for hydroxylation is 2. The van der Waals surface area contributed by atoms with Crippen molar-refractivity contribution in [1.82, 2.24) is 20.6 Å². The van der Waals surface area contributed by atoms with E-state index in [0.717, 1.165) is 47.5 Å². The van der Waals surface area contributed by atoms with Crippen LogP contribution in [0.25, 0.3) is 10.2 Å². The molecule has 0 saturated carbocycles. The summed E-state index contributed by atoms with van der Waals surface area (Å²) in [5, 5.41) is 6.84. The molecule has 7 nitrogen and oxygen atoms in total. The van der Waals surface area contributed by atoms with Gasteiger partial charge in [-0.2, -0.15) is 0 Å². The first-order valence-electron chi connectivity index (χ1n) is 11.2. The third-order valence-electron chi connectivity index (χ3n) is 6.13. The van der Waals surface area contributed by atoms with Crippen LogP contribution in [0.3, 0.4) is 0 Å². The van der Waals surface area contributed by atoms with Crippen LogP contribution in [0.1, 0.15) is 28.8 Å². The Bertz CT molecular complexity index is 1140. The summed E-state index contributed by atoms with van der Waals surface area (Å²) < 4.78 is 12.9. The van der Waals surface area contributed by atoms with Gasteiger partial charge in [-0.25, -0.2) is 14.4 Å². The zero-order valence-electron chi connectivity index (χ0n) is 18.9. The molecule has 0 spiro atoms. The number of amides is 2. The number of anilines is 1. The fraction of sp³-hybridized carbons (Fsp3) is 0.417. The van der Waals surface area contributed by atoms with Crippen LogP contribution in [0.15, 0.2) is 30.6 Å². The van der Waals surface area contributed by atoms with Crippen molar-refractivity contribution in [2.75, 3.05) is 31.1 Å². The second-order valence-electron chi connectivity index (χ2n) is 8.37. The Morgan fingerprint density at radius 1 is 1.09 bits per heavy atom. The van der Waals surface area contributed by atoms with E-state index in [4.69, 9.17) is 0 Å². The minimum Gasteiger partial charge on any atom is -0.356 e. The van der Waals surface area contributed by atoms with Crippen LogP contribution in [0, 0.1) is 25.6 Å². The second-order valence-corrected chi connectivity index (χ2v) is 9.57. The Labute approximate surface area is 196 Å². The van der Waals surface area contributed by atoms with E-state index in [1.54, 1.807) is 29.8 Å². The van der Waals surface area contributed by atoms with E-state index in [9.17, 15) is 14.0 Å². The highest BCUT2D eigenvalue weighted by atomic mass is 32.1. The molecule has 1 aliphatic rings. The standard InChI is InChI=1S/C24H28FN5O2S/c1-15-16(2)33-24-21(15)22(28-14-29-24)30-11-7-18(8-12-30)23(32)27-10-9-26-20(31)13-17-3-5-19(25)6-4-17/h3-6,14,18H,7-13H2,1-2H3,(H,26,31)(H,27,32). The Balaban J connectivity index is 1.21. The number of nitrogens with zero attached hydrogens (tertiary/aromatic N) is 3. The molecular weight excluding hydrogens is 441 g/mol. The fourth-order valence-electron chi connectivity index (χ4n) is 4.14. The molecule has 4 rings (SSSR count). The van der Waals surface area contributed by atoms with Crippen molar-refractivity contribution in [2.24, 2.45) is 5.92 Å². The van der Waals surface area contributed by atoms with Gasteiger partial charge < -0.3 is 15.5 Å². The molecule has 1 aromatic carbocycles. The van der Waals surface area contributed by atoms with Gasteiger partial charge in [0.1, 0.15) is 22.8 Å². The Morgan fingerprint density at radius 2 is 1.79 bits per heavy atom. The highest BCUT2D eigenvalue weighted by molar-refractivity contribution is 7.18. The van der Waals surface area contributed by atoms with Crippen molar-refractivity contribution in [2.45, 2.75) is 33.1 Å². The highest BCUT2D eigenvalue weighted by Crippen LogP contribution is 2.35. The van der Waals surface area contributed by atoms with E-state index >= 15 is 0 Å². The lowest BCUT2D eigenvalue weighted by Crippen LogP contribution is -2.43. The number of nitrogens with one attached hydrogen (secondary N) is 2. The molecule has 0 radical (unpaired) electrons. The first kappa shape index (κ1) is 23.1. The first-order chi connectivity index (χ1) is 15.9. The smallest absolute Gasteiger partial charge is 0.224 e. The molecule has 9 heteroatoms. The topological polar surface area (TPSA) is 87.2 Å². The molecule has 3 heterocycles. The fourth-order valence-corrected chi connectivity index (χ4v) is 5.13. The number of halogens is 1. The van der Waals surface area contributed by atoms with Crippen molar-refractivity contribution >= 4 is 39.2 Å². The van der Waals surface area contributed by atoms with E-state index in [2.05, 4.69) is 39.3 Å². The first-order valence-corrected chi connectivity index (χ1v) is 12.0. The Kier molecular flexibility index (Phi) is 7.17. The van der Waals surface area contributed by atoms with Crippen molar-refractivity contribution in [3.05, 3.63) is 52.4 Å². The third-order valence-corrected chi connectivity index (χ3v) is 7.25. The van der Waals surface area contributed by atoms with Crippen LogP contribution in [-0.2, 0) is 16.0 Å². The summed E-state index contributed by atoms with van der Waals surface area (Å²) in [5.41, 5.74) is 1.98. The summed E-state index contributed by atoms with van der Waals surface area (Å²) in [6.07, 6.45) is 3.33. The Hall–Kier alpha value is -3.07. The SMILES string of the molecule is Cc1sc2ncnc(N3CCC(C(=O)NCCNC(=O)Cc4ccc(F)cc4)CC3)c2c1C. The van der Waals surface area contributed by atoms with E-state index in [-0.39, 0.29) is 30.0 Å². The van der Waals surface area contributed by atoms with Gasteiger partial charge in [0.15, 0.2) is 0 Å². The van der Waals surface area contributed by atoms with Gasteiger partial charge in [-0.15, -0.1) is 11.3 Å². The summed E-state index contributed by atoms with van der Waals surface area (Å²) in [4.78, 5) is 38.1. The van der Waals surface area contributed by atoms with Crippen molar-refractivity contribution < 1.29 is 14.0 Å². The second kappa shape index (κ2) is 10.2. The van der Waals surface area contributed by atoms with Crippen LogP contribution < -0.4 is 15.5 Å². The number of carbonyl (C=O) groups is 2. The summed E-state index contributed by atoms with van der Waals surface area (Å²) in [7, 11) is 0. The minimum atomic E-state index is -0.324. The van der Waals surface area contributed by atoms with Gasteiger partial charge >= 0.3 is 0 Å². The van der Waals surface area contributed by atoms with Gasteiger partial charge in [0, 0.05) is 37.0 Å². The molecule has 3 aromatic rings. The lowest BCUT2D eigenvalue weighted by Gasteiger charge is -2.32. The third kappa shape index (κ3) is 5.47. The molecule has 0 bridgehead atoms. The largest absolute Gasteiger partial charge is 0.356 e. The number of hydrogen-bond donors (Lipinski definition) is 2. The van der Waals surface area contributed by atoms with Gasteiger partial charge in [-0.1, -0.05) is 12.1 Å². The predicted octanol–water partition coefficient (Wildman–Crippen LogP) is 3.14. The van der Waals surface area contributed by atoms with E-state index in [1.807, 2.05) is 0 Å². The van der Waals surface area contributed by atoms with Gasteiger partial charge in [0.2, 0.25) is 11.8 Å². The number of carbonyl (C=O) groups excluding carboxylic acids is 2. The van der Waals surface area contributed by atoms with Gasteiger partial charge in [-0.3, -0.25) is 9.59 Å². The van der Waals surface area contributed by atoms with Crippen LogP contribution in [-0.4, -0.2) is 48.0 Å². The van der Waals surface area contributed by atoms with Crippen molar-refractivity contribution in [3.8, 4) is 0 Å². The number of piperidine rings is 1. The number of aromatic nitrogens is 2. The van der Waals surface area contributed by atoms with Gasteiger partial charge in [0.05, 0.1) is 11.8 Å². The number of rotatable bonds is 7. The summed E-state index contributed by atoms with van der Waals surface area (Å²) in [6.45, 7) is 6.50. The molecule has 33 heavy (non-hydrogen) atoms. The highest BCUT2D eigenvalue weighted by Gasteiger charge is 2.27. The maximum atomic E-state index is 12.9. The number of hydrogen-bond acceptors (Lipinski definition) is 6. The van der Waals surface area contributed by atoms with Crippen LogP contribution in [0.2, 0.25) is 0 Å². The number of thiophene rings is 1. The number of benzene rings is 1. The summed E-state index contributed by atoms with van der Waals surface area (Å²) in [6, 6.07) is 5.86. The predicted molar refractivity (Wildman–Crippen MR) is 128 cm³/mol. The maximum absolute atomic E-state index is 12.9. The zero-order chi connectivity index (χ0) is 23.4. The van der Waals surface area contributed by atoms with E-state index < -0.39 is 0 Å². The molecule has 174 valence electrons. The molecule has 1 aliphatic heterocycles. The summed E-state index contributed by atoms with van der Waals surface area (Å²) >= 11 is 1.69. The molecule has 0 aliphatic carbocycles. The molecule has 2 N–H and O–H groups in total. The van der Waals surface area contributed by atoms with Crippen molar-refractivity contribution in [1.29, 1.82) is 0 Å². The molecule has 1 saturated heterocycles. The normalized spacial score (nSPS) is 14.5. The van der Waals surface area contributed by atoms with Gasteiger partial charge in [-0.05, 0) is 49.9 Å². The van der Waals surface area contributed by atoms with Crippen LogP contribution >= 0.6 is 11.3 Å². The number of fused-ring (bicyclic) bond motifs is 1. The zero-order valence-corrected chi connectivity index (χ0v) is 19.7. The minimum absolute atomic E-state index is 0.0258. The monoisotopic (exact) mass is 469 g/mol. The van der Waals surface area contributed by atoms with Crippen molar-refractivity contribution in [3.63, 3.8) is 0 Å². The molecular formula is C24H28FN5O2S. The molecule has 2 aromatic heterocycles. The lowest BCUT2D eigenvalue weighted by molar-refractivity contribution is -0.126. The Morgan fingerprint density at radius 3 is 2.52 bits per heavy atom. The lowest BCUT2D eigenvalue weighted by atomic mass is 9.95. The van der Waals surface area contributed by atoms with Crippen LogP contribution in [0.4, 0.5) is 10.2 Å².